The van der Waals surface area contributed by atoms with Gasteiger partial charge in [-0.1, -0.05) is 6.92 Å². The highest BCUT2D eigenvalue weighted by molar-refractivity contribution is 5.77. The van der Waals surface area contributed by atoms with E-state index in [4.69, 9.17) is 0 Å². The Morgan fingerprint density at radius 3 is 2.87 bits per heavy atom. The first-order valence-corrected chi connectivity index (χ1v) is 8.06. The summed E-state index contributed by atoms with van der Waals surface area (Å²) in [5, 5.41) is 25.3. The maximum absolute atomic E-state index is 11.6. The zero-order valence-corrected chi connectivity index (χ0v) is 13.3. The monoisotopic (exact) mass is 320 g/mol. The first-order valence-electron chi connectivity index (χ1n) is 8.06. The minimum Gasteiger partial charge on any atom is -0.508 e. The molecule has 0 aromatic heterocycles. The Hall–Kier alpha value is -2.08. The third-order valence-electron chi connectivity index (χ3n) is 4.22. The summed E-state index contributed by atoms with van der Waals surface area (Å²) in [5.41, 5.74) is 2.36. The van der Waals surface area contributed by atoms with Crippen LogP contribution in [0.5, 0.6) is 5.75 Å². The summed E-state index contributed by atoms with van der Waals surface area (Å²) in [5.74, 6) is 0.0112. The fourth-order valence-electron chi connectivity index (χ4n) is 3.17. The molecule has 1 amide bonds. The Bertz CT molecular complexity index is 574. The highest BCUT2D eigenvalue weighted by Crippen LogP contribution is 2.42. The van der Waals surface area contributed by atoms with Crippen LogP contribution in [0.15, 0.2) is 12.1 Å². The summed E-state index contributed by atoms with van der Waals surface area (Å²) in [6.07, 6.45) is 3.08. The number of anilines is 1. The van der Waals surface area contributed by atoms with Gasteiger partial charge in [-0.2, -0.15) is 0 Å². The van der Waals surface area contributed by atoms with Gasteiger partial charge < -0.3 is 25.6 Å². The number of aromatic hydroxyl groups is 1. The number of amides is 1. The number of rotatable bonds is 8. The zero-order chi connectivity index (χ0) is 16.8. The molecule has 0 aliphatic carbocycles. The lowest BCUT2D eigenvalue weighted by Crippen LogP contribution is -2.29. The van der Waals surface area contributed by atoms with Gasteiger partial charge in [-0.15, -0.1) is 0 Å². The van der Waals surface area contributed by atoms with Crippen molar-refractivity contribution in [1.82, 2.24) is 5.32 Å². The van der Waals surface area contributed by atoms with Crippen LogP contribution in [0.4, 0.5) is 5.69 Å². The van der Waals surface area contributed by atoms with Crippen LogP contribution in [-0.2, 0) is 16.0 Å². The molecule has 1 heterocycles. The third kappa shape index (κ3) is 3.82. The molecule has 4 N–H and O–H groups in total. The maximum Gasteiger partial charge on any atom is 0.219 e. The molecule has 2 unspecified atom stereocenters. The summed E-state index contributed by atoms with van der Waals surface area (Å²) in [6.45, 7) is 2.35. The second-order valence-corrected chi connectivity index (χ2v) is 5.80. The average molecular weight is 320 g/mol. The Kier molecular flexibility index (Phi) is 5.98. The molecule has 0 saturated carbocycles. The number of fused-ring (bicyclic) bond motifs is 1. The van der Waals surface area contributed by atoms with Gasteiger partial charge in [0.1, 0.15) is 12.0 Å². The molecule has 2 atom stereocenters. The number of phenols is 1. The second kappa shape index (κ2) is 7.97. The van der Waals surface area contributed by atoms with E-state index in [1.54, 1.807) is 12.1 Å². The smallest absolute Gasteiger partial charge is 0.219 e. The number of benzene rings is 1. The number of hydrogen-bond acceptors (Lipinski definition) is 5. The SMILES string of the molecule is CCCC(=O)NCCC1c2c(ccc(O)c2CCO)NC1C=O. The number of nitrogens with one attached hydrogen (secondary N) is 2. The average Bonchev–Trinajstić information content (AvgIpc) is 2.89. The predicted molar refractivity (Wildman–Crippen MR) is 87.6 cm³/mol. The molecule has 0 saturated heterocycles. The van der Waals surface area contributed by atoms with E-state index in [-0.39, 0.29) is 30.2 Å². The van der Waals surface area contributed by atoms with Gasteiger partial charge in [0.05, 0.1) is 6.04 Å². The molecule has 1 aromatic carbocycles. The van der Waals surface area contributed by atoms with Crippen molar-refractivity contribution >= 4 is 17.9 Å². The molecular weight excluding hydrogens is 296 g/mol. The van der Waals surface area contributed by atoms with Crippen LogP contribution in [0.25, 0.3) is 0 Å². The topological polar surface area (TPSA) is 98.7 Å². The van der Waals surface area contributed by atoms with Crippen LogP contribution in [0.3, 0.4) is 0 Å². The van der Waals surface area contributed by atoms with E-state index in [0.29, 0.717) is 31.4 Å². The van der Waals surface area contributed by atoms with Crippen molar-refractivity contribution in [3.05, 3.63) is 23.3 Å². The number of aliphatic hydroxyl groups is 1. The van der Waals surface area contributed by atoms with E-state index >= 15 is 0 Å². The zero-order valence-electron chi connectivity index (χ0n) is 13.3. The van der Waals surface area contributed by atoms with Crippen molar-refractivity contribution in [2.75, 3.05) is 18.5 Å². The number of phenolic OH excluding ortho intramolecular Hbond substituents is 1. The van der Waals surface area contributed by atoms with E-state index in [2.05, 4.69) is 10.6 Å². The molecule has 6 heteroatoms. The van der Waals surface area contributed by atoms with Crippen LogP contribution in [0.2, 0.25) is 0 Å². The van der Waals surface area contributed by atoms with E-state index in [1.165, 1.54) is 0 Å². The van der Waals surface area contributed by atoms with Crippen LogP contribution in [-0.4, -0.2) is 41.6 Å². The molecule has 0 fully saturated rings. The van der Waals surface area contributed by atoms with Gasteiger partial charge in [0.15, 0.2) is 0 Å². The Balaban J connectivity index is 2.17. The summed E-state index contributed by atoms with van der Waals surface area (Å²) >= 11 is 0. The van der Waals surface area contributed by atoms with Gasteiger partial charge in [-0.3, -0.25) is 4.79 Å². The lowest BCUT2D eigenvalue weighted by molar-refractivity contribution is -0.121. The number of hydrogen-bond donors (Lipinski definition) is 4. The lowest BCUT2D eigenvalue weighted by Gasteiger charge is -2.18. The molecule has 0 bridgehead atoms. The fourth-order valence-corrected chi connectivity index (χ4v) is 3.17. The highest BCUT2D eigenvalue weighted by atomic mass is 16.3. The first kappa shape index (κ1) is 17.3. The van der Waals surface area contributed by atoms with Gasteiger partial charge in [0.25, 0.3) is 0 Å². The minimum absolute atomic E-state index is 0.00724. The van der Waals surface area contributed by atoms with Crippen molar-refractivity contribution in [3.8, 4) is 5.75 Å². The van der Waals surface area contributed by atoms with E-state index < -0.39 is 0 Å². The van der Waals surface area contributed by atoms with Gasteiger partial charge in [0, 0.05) is 36.7 Å². The fraction of sp³-hybridized carbons (Fsp3) is 0.529. The summed E-state index contributed by atoms with van der Waals surface area (Å²) < 4.78 is 0. The van der Waals surface area contributed by atoms with Crippen molar-refractivity contribution in [2.45, 2.75) is 44.6 Å². The van der Waals surface area contributed by atoms with Gasteiger partial charge in [-0.25, -0.2) is 0 Å². The standard InChI is InChI=1S/C17H24N2O4/c1-2-3-16(23)18-8-6-11-14(10-21)19-13-4-5-15(22)12(7-9-20)17(11)13/h4-5,10-11,14,19-20,22H,2-3,6-9H2,1H3,(H,18,23). The van der Waals surface area contributed by atoms with Crippen LogP contribution in [0.1, 0.15) is 43.2 Å². The Morgan fingerprint density at radius 1 is 1.43 bits per heavy atom. The van der Waals surface area contributed by atoms with Crippen molar-refractivity contribution < 1.29 is 19.8 Å². The van der Waals surface area contributed by atoms with Crippen LogP contribution < -0.4 is 10.6 Å². The number of aldehydes is 1. The molecule has 23 heavy (non-hydrogen) atoms. The minimum atomic E-state index is -0.382. The summed E-state index contributed by atoms with van der Waals surface area (Å²) in [6, 6.07) is 2.94. The molecule has 126 valence electrons. The highest BCUT2D eigenvalue weighted by Gasteiger charge is 2.34. The molecule has 1 aliphatic heterocycles. The largest absolute Gasteiger partial charge is 0.508 e. The second-order valence-electron chi connectivity index (χ2n) is 5.80. The maximum atomic E-state index is 11.6. The van der Waals surface area contributed by atoms with Crippen LogP contribution in [0, 0.1) is 0 Å². The van der Waals surface area contributed by atoms with Crippen molar-refractivity contribution in [1.29, 1.82) is 0 Å². The molecule has 6 nitrogen and oxygen atoms in total. The lowest BCUT2D eigenvalue weighted by atomic mass is 9.87. The van der Waals surface area contributed by atoms with Crippen molar-refractivity contribution in [2.24, 2.45) is 0 Å². The first-order chi connectivity index (χ1) is 11.1. The molecule has 0 radical (unpaired) electrons. The Labute approximate surface area is 135 Å². The van der Waals surface area contributed by atoms with Gasteiger partial charge in [0.2, 0.25) is 5.91 Å². The summed E-state index contributed by atoms with van der Waals surface area (Å²) in [4.78, 5) is 22.9. The van der Waals surface area contributed by atoms with Crippen molar-refractivity contribution in [3.63, 3.8) is 0 Å². The molecule has 0 spiro atoms. The normalized spacial score (nSPS) is 19.0. The van der Waals surface area contributed by atoms with Gasteiger partial charge in [-0.05, 0) is 37.0 Å². The predicted octanol–water partition coefficient (Wildman–Crippen LogP) is 1.31. The number of carbonyl (C=O) groups is 2. The van der Waals surface area contributed by atoms with E-state index in [9.17, 15) is 19.8 Å². The Morgan fingerprint density at radius 2 is 2.22 bits per heavy atom. The molecule has 2 rings (SSSR count). The van der Waals surface area contributed by atoms with E-state index in [0.717, 1.165) is 24.0 Å². The van der Waals surface area contributed by atoms with Gasteiger partial charge >= 0.3 is 0 Å². The quantitative estimate of drug-likeness (QED) is 0.428. The summed E-state index contributed by atoms with van der Waals surface area (Å²) in [7, 11) is 0. The number of aliphatic hydroxyl groups excluding tert-OH is 1. The van der Waals surface area contributed by atoms with Crippen LogP contribution >= 0.6 is 0 Å². The van der Waals surface area contributed by atoms with E-state index in [1.807, 2.05) is 6.92 Å². The number of carbonyl (C=O) groups excluding carboxylic acids is 2. The molecule has 1 aliphatic rings. The molecular formula is C17H24N2O4. The third-order valence-corrected chi connectivity index (χ3v) is 4.22. The molecule has 1 aromatic rings.